The van der Waals surface area contributed by atoms with Gasteiger partial charge in [-0.05, 0) is 19.4 Å². The summed E-state index contributed by atoms with van der Waals surface area (Å²) in [7, 11) is 0. The molecule has 0 bridgehead atoms. The fourth-order valence-electron chi connectivity index (χ4n) is 2.23. The lowest BCUT2D eigenvalue weighted by molar-refractivity contribution is -0.121. The number of rotatable bonds is 1. The topological polar surface area (TPSA) is 41.1 Å². The Bertz CT molecular complexity index is 445. The van der Waals surface area contributed by atoms with Crippen LogP contribution in [0.25, 0.3) is 0 Å². The molecule has 1 atom stereocenters. The van der Waals surface area contributed by atoms with E-state index in [2.05, 4.69) is 10.6 Å². The minimum absolute atomic E-state index is 0.0291. The molecule has 92 valence electrons. The number of carbonyl (C=O) groups excluding carboxylic acids is 1. The SMILES string of the molecule is Cc1cc(C)c(F)c(C2CC(=O)NCCN2)c1. The lowest BCUT2D eigenvalue weighted by atomic mass is 9.98. The molecule has 0 radical (unpaired) electrons. The van der Waals surface area contributed by atoms with E-state index in [-0.39, 0.29) is 17.8 Å². The lowest BCUT2D eigenvalue weighted by Crippen LogP contribution is -2.25. The van der Waals surface area contributed by atoms with E-state index >= 15 is 0 Å². The molecule has 0 saturated carbocycles. The molecule has 2 rings (SSSR count). The standard InChI is InChI=1S/C13H17FN2O/c1-8-5-9(2)13(14)10(6-8)11-7-12(17)16-4-3-15-11/h5-6,11,15H,3-4,7H2,1-2H3,(H,16,17). The highest BCUT2D eigenvalue weighted by Gasteiger charge is 2.22. The first-order chi connectivity index (χ1) is 8.08. The molecule has 0 spiro atoms. The third-order valence-electron chi connectivity index (χ3n) is 3.03. The number of nitrogens with one attached hydrogen (secondary N) is 2. The summed E-state index contributed by atoms with van der Waals surface area (Å²) in [6, 6.07) is 3.41. The Labute approximate surface area is 100 Å². The summed E-state index contributed by atoms with van der Waals surface area (Å²) >= 11 is 0. The van der Waals surface area contributed by atoms with Crippen molar-refractivity contribution in [3.63, 3.8) is 0 Å². The maximum absolute atomic E-state index is 14.1. The van der Waals surface area contributed by atoms with Crippen LogP contribution in [0.1, 0.15) is 29.2 Å². The summed E-state index contributed by atoms with van der Waals surface area (Å²) in [5.74, 6) is -0.235. The fraction of sp³-hybridized carbons (Fsp3) is 0.462. The third-order valence-corrected chi connectivity index (χ3v) is 3.03. The zero-order chi connectivity index (χ0) is 12.4. The number of halogens is 1. The van der Waals surface area contributed by atoms with Gasteiger partial charge >= 0.3 is 0 Å². The minimum atomic E-state index is -0.226. The largest absolute Gasteiger partial charge is 0.355 e. The molecule has 1 unspecified atom stereocenters. The molecule has 1 heterocycles. The van der Waals surface area contributed by atoms with Gasteiger partial charge < -0.3 is 10.6 Å². The molecule has 1 aromatic carbocycles. The van der Waals surface area contributed by atoms with E-state index in [0.29, 0.717) is 30.6 Å². The molecule has 4 heteroatoms. The Morgan fingerprint density at radius 3 is 2.82 bits per heavy atom. The van der Waals surface area contributed by atoms with Crippen LogP contribution in [0.15, 0.2) is 12.1 Å². The average Bonchev–Trinajstić information content (AvgIpc) is 2.48. The molecule has 1 aliphatic rings. The number of aryl methyl sites for hydroxylation is 2. The summed E-state index contributed by atoms with van der Waals surface area (Å²) in [5.41, 5.74) is 2.25. The molecule has 1 fully saturated rings. The van der Waals surface area contributed by atoms with Crippen molar-refractivity contribution >= 4 is 5.91 Å². The molecule has 1 aliphatic heterocycles. The molecule has 0 aromatic heterocycles. The van der Waals surface area contributed by atoms with Crippen molar-refractivity contribution in [3.05, 3.63) is 34.6 Å². The predicted molar refractivity (Wildman–Crippen MR) is 64.2 cm³/mol. The smallest absolute Gasteiger partial charge is 0.221 e. The van der Waals surface area contributed by atoms with Crippen LogP contribution in [-0.4, -0.2) is 19.0 Å². The highest BCUT2D eigenvalue weighted by Crippen LogP contribution is 2.24. The van der Waals surface area contributed by atoms with Crippen LogP contribution >= 0.6 is 0 Å². The number of hydrogen-bond acceptors (Lipinski definition) is 2. The number of benzene rings is 1. The van der Waals surface area contributed by atoms with Crippen molar-refractivity contribution in [2.24, 2.45) is 0 Å². The molecule has 17 heavy (non-hydrogen) atoms. The van der Waals surface area contributed by atoms with Crippen LogP contribution in [-0.2, 0) is 4.79 Å². The summed E-state index contributed by atoms with van der Waals surface area (Å²) in [4.78, 5) is 11.5. The summed E-state index contributed by atoms with van der Waals surface area (Å²) in [5, 5.41) is 5.97. The second kappa shape index (κ2) is 4.84. The van der Waals surface area contributed by atoms with E-state index in [1.807, 2.05) is 19.1 Å². The summed E-state index contributed by atoms with van der Waals surface area (Å²) < 4.78 is 14.1. The van der Waals surface area contributed by atoms with Gasteiger partial charge in [0.1, 0.15) is 5.82 Å². The second-order valence-electron chi connectivity index (χ2n) is 4.55. The van der Waals surface area contributed by atoms with Gasteiger partial charge in [0.15, 0.2) is 0 Å². The van der Waals surface area contributed by atoms with Gasteiger partial charge in [0, 0.05) is 31.1 Å². The lowest BCUT2D eigenvalue weighted by Gasteiger charge is -2.17. The number of carbonyl (C=O) groups is 1. The normalized spacial score (nSPS) is 20.9. The van der Waals surface area contributed by atoms with Crippen LogP contribution in [0.5, 0.6) is 0 Å². The van der Waals surface area contributed by atoms with Gasteiger partial charge in [-0.15, -0.1) is 0 Å². The summed E-state index contributed by atoms with van der Waals surface area (Å²) in [6.07, 6.45) is 0.291. The van der Waals surface area contributed by atoms with E-state index in [9.17, 15) is 9.18 Å². The van der Waals surface area contributed by atoms with Crippen molar-refractivity contribution < 1.29 is 9.18 Å². The van der Waals surface area contributed by atoms with Crippen LogP contribution in [0.3, 0.4) is 0 Å². The predicted octanol–water partition coefficient (Wildman–Crippen LogP) is 1.59. The maximum atomic E-state index is 14.1. The zero-order valence-corrected chi connectivity index (χ0v) is 10.1. The quantitative estimate of drug-likeness (QED) is 0.777. The Morgan fingerprint density at radius 1 is 1.29 bits per heavy atom. The first-order valence-electron chi connectivity index (χ1n) is 5.84. The molecule has 1 saturated heterocycles. The molecule has 1 aromatic rings. The van der Waals surface area contributed by atoms with Crippen LogP contribution in [0, 0.1) is 19.7 Å². The van der Waals surface area contributed by atoms with E-state index in [1.165, 1.54) is 0 Å². The maximum Gasteiger partial charge on any atom is 0.221 e. The number of amides is 1. The van der Waals surface area contributed by atoms with Crippen molar-refractivity contribution in [1.29, 1.82) is 0 Å². The van der Waals surface area contributed by atoms with Crippen molar-refractivity contribution in [1.82, 2.24) is 10.6 Å². The Morgan fingerprint density at radius 2 is 2.06 bits per heavy atom. The molecular weight excluding hydrogens is 219 g/mol. The fourth-order valence-corrected chi connectivity index (χ4v) is 2.23. The van der Waals surface area contributed by atoms with E-state index in [0.717, 1.165) is 5.56 Å². The monoisotopic (exact) mass is 236 g/mol. The third kappa shape index (κ3) is 2.64. The average molecular weight is 236 g/mol. The summed E-state index contributed by atoms with van der Waals surface area (Å²) in [6.45, 7) is 4.96. The van der Waals surface area contributed by atoms with Gasteiger partial charge in [0.2, 0.25) is 5.91 Å². The van der Waals surface area contributed by atoms with Crippen molar-refractivity contribution in [2.75, 3.05) is 13.1 Å². The Kier molecular flexibility index (Phi) is 3.43. The Hall–Kier alpha value is -1.42. The zero-order valence-electron chi connectivity index (χ0n) is 10.1. The van der Waals surface area contributed by atoms with Crippen LogP contribution in [0.4, 0.5) is 4.39 Å². The van der Waals surface area contributed by atoms with E-state index in [4.69, 9.17) is 0 Å². The van der Waals surface area contributed by atoms with Crippen LogP contribution < -0.4 is 10.6 Å². The van der Waals surface area contributed by atoms with Crippen LogP contribution in [0.2, 0.25) is 0 Å². The van der Waals surface area contributed by atoms with E-state index in [1.54, 1.807) is 6.92 Å². The van der Waals surface area contributed by atoms with Crippen molar-refractivity contribution in [3.8, 4) is 0 Å². The van der Waals surface area contributed by atoms with Gasteiger partial charge in [0.25, 0.3) is 0 Å². The molecule has 0 aliphatic carbocycles. The second-order valence-corrected chi connectivity index (χ2v) is 4.55. The Balaban J connectivity index is 2.35. The first kappa shape index (κ1) is 12.0. The van der Waals surface area contributed by atoms with Gasteiger partial charge in [-0.25, -0.2) is 4.39 Å². The molecule has 3 nitrogen and oxygen atoms in total. The van der Waals surface area contributed by atoms with Gasteiger partial charge in [-0.1, -0.05) is 17.7 Å². The van der Waals surface area contributed by atoms with Gasteiger partial charge in [0.05, 0.1) is 0 Å². The van der Waals surface area contributed by atoms with Crippen molar-refractivity contribution in [2.45, 2.75) is 26.3 Å². The highest BCUT2D eigenvalue weighted by atomic mass is 19.1. The van der Waals surface area contributed by atoms with E-state index < -0.39 is 0 Å². The first-order valence-corrected chi connectivity index (χ1v) is 5.84. The minimum Gasteiger partial charge on any atom is -0.355 e. The number of hydrogen-bond donors (Lipinski definition) is 2. The van der Waals surface area contributed by atoms with Gasteiger partial charge in [-0.2, -0.15) is 0 Å². The highest BCUT2D eigenvalue weighted by molar-refractivity contribution is 5.77. The molecular formula is C13H17FN2O. The molecule has 1 amide bonds. The van der Waals surface area contributed by atoms with Gasteiger partial charge in [-0.3, -0.25) is 4.79 Å². The molecule has 2 N–H and O–H groups in total.